The van der Waals surface area contributed by atoms with Crippen LogP contribution in [-0.2, 0) is 6.54 Å². The van der Waals surface area contributed by atoms with Crippen molar-refractivity contribution in [3.63, 3.8) is 0 Å². The lowest BCUT2D eigenvalue weighted by Crippen LogP contribution is -2.46. The quantitative estimate of drug-likeness (QED) is 0.856. The molecule has 0 aromatic carbocycles. The first-order chi connectivity index (χ1) is 9.66. The molecule has 20 heavy (non-hydrogen) atoms. The van der Waals surface area contributed by atoms with E-state index in [1.165, 1.54) is 5.75 Å². The fourth-order valence-electron chi connectivity index (χ4n) is 2.65. The fourth-order valence-corrected chi connectivity index (χ4v) is 3.81. The van der Waals surface area contributed by atoms with E-state index in [-0.39, 0.29) is 5.69 Å². The zero-order chi connectivity index (χ0) is 14.1. The number of thioether (sulfide) groups is 1. The molecule has 0 aliphatic carbocycles. The third kappa shape index (κ3) is 2.50. The largest absolute Gasteiger partial charge is 0.350 e. The Morgan fingerprint density at radius 2 is 2.20 bits per heavy atom. The number of pyridine rings is 1. The summed E-state index contributed by atoms with van der Waals surface area (Å²) in [6, 6.07) is 6.17. The molecule has 0 unspecified atom stereocenters. The molecular formula is C14H20N4OS. The summed E-state index contributed by atoms with van der Waals surface area (Å²) in [6.45, 7) is 7.18. The molecule has 0 N–H and O–H groups in total. The normalized spacial score (nSPS) is 24.3. The second-order valence-electron chi connectivity index (χ2n) is 5.29. The van der Waals surface area contributed by atoms with Gasteiger partial charge in [0.2, 0.25) is 0 Å². The number of hydrogen-bond acceptors (Lipinski definition) is 4. The standard InChI is InChI=1S/C14H20N4OS/c1-11-12(2)20-10-9-16(11)7-8-18-14(19)17-6-4-3-5-13(17)15-18/h3-6,11-12H,7-10H2,1-2H3/t11-,12+/m0/s1. The lowest BCUT2D eigenvalue weighted by atomic mass is 10.2. The lowest BCUT2D eigenvalue weighted by molar-refractivity contribution is 0.201. The summed E-state index contributed by atoms with van der Waals surface area (Å²) < 4.78 is 3.17. The smallest absolute Gasteiger partial charge is 0.297 e. The highest BCUT2D eigenvalue weighted by molar-refractivity contribution is 8.00. The Morgan fingerprint density at radius 3 is 3.00 bits per heavy atom. The number of hydrogen-bond donors (Lipinski definition) is 0. The molecule has 0 radical (unpaired) electrons. The number of fused-ring (bicyclic) bond motifs is 1. The highest BCUT2D eigenvalue weighted by Crippen LogP contribution is 2.23. The fraction of sp³-hybridized carbons (Fsp3) is 0.571. The predicted molar refractivity (Wildman–Crippen MR) is 82.4 cm³/mol. The monoisotopic (exact) mass is 292 g/mol. The van der Waals surface area contributed by atoms with E-state index >= 15 is 0 Å². The van der Waals surface area contributed by atoms with Crippen LogP contribution in [0.4, 0.5) is 0 Å². The zero-order valence-electron chi connectivity index (χ0n) is 11.9. The van der Waals surface area contributed by atoms with Crippen LogP contribution in [0.25, 0.3) is 5.65 Å². The summed E-state index contributed by atoms with van der Waals surface area (Å²) in [5, 5.41) is 5.03. The Hall–Kier alpha value is -1.27. The van der Waals surface area contributed by atoms with Gasteiger partial charge in [-0.1, -0.05) is 13.0 Å². The van der Waals surface area contributed by atoms with E-state index in [9.17, 15) is 4.79 Å². The van der Waals surface area contributed by atoms with Gasteiger partial charge in [0.1, 0.15) is 0 Å². The molecule has 0 saturated carbocycles. The molecular weight excluding hydrogens is 272 g/mol. The Bertz CT molecular complexity index is 650. The van der Waals surface area contributed by atoms with Crippen LogP contribution in [0, 0.1) is 0 Å². The van der Waals surface area contributed by atoms with Crippen molar-refractivity contribution in [1.29, 1.82) is 0 Å². The molecule has 0 spiro atoms. The molecule has 1 saturated heterocycles. The first-order valence-electron chi connectivity index (χ1n) is 7.06. The van der Waals surface area contributed by atoms with Crippen LogP contribution in [0.5, 0.6) is 0 Å². The first-order valence-corrected chi connectivity index (χ1v) is 8.11. The maximum absolute atomic E-state index is 12.2. The average molecular weight is 292 g/mol. The van der Waals surface area contributed by atoms with Gasteiger partial charge < -0.3 is 0 Å². The van der Waals surface area contributed by atoms with E-state index in [0.717, 1.165) is 13.1 Å². The molecule has 2 aromatic rings. The molecule has 108 valence electrons. The van der Waals surface area contributed by atoms with Crippen molar-refractivity contribution in [2.24, 2.45) is 0 Å². The third-order valence-corrected chi connectivity index (χ3v) is 5.44. The first kappa shape index (κ1) is 13.7. The molecule has 0 amide bonds. The number of aromatic nitrogens is 3. The molecule has 0 bridgehead atoms. The highest BCUT2D eigenvalue weighted by atomic mass is 32.2. The molecule has 3 heterocycles. The van der Waals surface area contributed by atoms with Gasteiger partial charge in [0.25, 0.3) is 0 Å². The van der Waals surface area contributed by atoms with Crippen LogP contribution in [-0.4, -0.2) is 49.2 Å². The summed E-state index contributed by atoms with van der Waals surface area (Å²) in [6.07, 6.45) is 1.77. The van der Waals surface area contributed by atoms with Gasteiger partial charge in [-0.3, -0.25) is 9.30 Å². The van der Waals surface area contributed by atoms with Crippen LogP contribution >= 0.6 is 11.8 Å². The van der Waals surface area contributed by atoms with E-state index in [1.54, 1.807) is 15.3 Å². The van der Waals surface area contributed by atoms with Crippen LogP contribution in [0.1, 0.15) is 13.8 Å². The minimum Gasteiger partial charge on any atom is -0.297 e. The van der Waals surface area contributed by atoms with Crippen molar-refractivity contribution in [2.45, 2.75) is 31.7 Å². The van der Waals surface area contributed by atoms with Crippen molar-refractivity contribution in [3.05, 3.63) is 34.9 Å². The van der Waals surface area contributed by atoms with Crippen molar-refractivity contribution in [3.8, 4) is 0 Å². The number of nitrogens with zero attached hydrogens (tertiary/aromatic N) is 4. The molecule has 1 aliphatic rings. The molecule has 1 fully saturated rings. The van der Waals surface area contributed by atoms with Gasteiger partial charge in [-0.15, -0.1) is 5.10 Å². The topological polar surface area (TPSA) is 42.5 Å². The van der Waals surface area contributed by atoms with Gasteiger partial charge in [0, 0.05) is 36.3 Å². The molecule has 3 rings (SSSR count). The third-order valence-electron chi connectivity index (χ3n) is 4.10. The predicted octanol–water partition coefficient (Wildman–Crippen LogP) is 1.32. The van der Waals surface area contributed by atoms with E-state index in [0.29, 0.717) is 23.5 Å². The van der Waals surface area contributed by atoms with Crippen LogP contribution in [0.3, 0.4) is 0 Å². The summed E-state index contributed by atoms with van der Waals surface area (Å²) >= 11 is 2.03. The van der Waals surface area contributed by atoms with Crippen LogP contribution < -0.4 is 5.69 Å². The van der Waals surface area contributed by atoms with E-state index in [2.05, 4.69) is 23.8 Å². The van der Waals surface area contributed by atoms with Crippen LogP contribution in [0.15, 0.2) is 29.2 Å². The van der Waals surface area contributed by atoms with Crippen molar-refractivity contribution in [1.82, 2.24) is 19.1 Å². The second kappa shape index (κ2) is 5.61. The van der Waals surface area contributed by atoms with Crippen molar-refractivity contribution in [2.75, 3.05) is 18.8 Å². The second-order valence-corrected chi connectivity index (χ2v) is 6.77. The Balaban J connectivity index is 1.74. The van der Waals surface area contributed by atoms with Gasteiger partial charge in [0.05, 0.1) is 6.54 Å². The van der Waals surface area contributed by atoms with Gasteiger partial charge in [0.15, 0.2) is 5.65 Å². The van der Waals surface area contributed by atoms with E-state index < -0.39 is 0 Å². The summed E-state index contributed by atoms with van der Waals surface area (Å²) in [5.41, 5.74) is 0.667. The van der Waals surface area contributed by atoms with Crippen molar-refractivity contribution >= 4 is 17.4 Å². The number of rotatable bonds is 3. The molecule has 2 atom stereocenters. The van der Waals surface area contributed by atoms with E-state index in [1.807, 2.05) is 30.0 Å². The van der Waals surface area contributed by atoms with E-state index in [4.69, 9.17) is 0 Å². The maximum Gasteiger partial charge on any atom is 0.350 e. The Morgan fingerprint density at radius 1 is 1.35 bits per heavy atom. The average Bonchev–Trinajstić information content (AvgIpc) is 2.78. The summed E-state index contributed by atoms with van der Waals surface area (Å²) in [4.78, 5) is 14.6. The Kier molecular flexibility index (Phi) is 3.85. The van der Waals surface area contributed by atoms with Crippen molar-refractivity contribution < 1.29 is 0 Å². The molecule has 2 aromatic heterocycles. The Labute approximate surface area is 122 Å². The van der Waals surface area contributed by atoms with Gasteiger partial charge in [-0.25, -0.2) is 9.48 Å². The van der Waals surface area contributed by atoms with Gasteiger partial charge in [-0.2, -0.15) is 11.8 Å². The highest BCUT2D eigenvalue weighted by Gasteiger charge is 2.24. The molecule has 6 heteroatoms. The maximum atomic E-state index is 12.2. The minimum absolute atomic E-state index is 0.0484. The minimum atomic E-state index is -0.0484. The van der Waals surface area contributed by atoms with Gasteiger partial charge in [-0.05, 0) is 19.1 Å². The molecule has 5 nitrogen and oxygen atoms in total. The molecule has 1 aliphatic heterocycles. The lowest BCUT2D eigenvalue weighted by Gasteiger charge is -2.37. The van der Waals surface area contributed by atoms with Gasteiger partial charge >= 0.3 is 5.69 Å². The summed E-state index contributed by atoms with van der Waals surface area (Å²) in [5.74, 6) is 1.17. The summed E-state index contributed by atoms with van der Waals surface area (Å²) in [7, 11) is 0. The van der Waals surface area contributed by atoms with Crippen LogP contribution in [0.2, 0.25) is 0 Å². The SMILES string of the molecule is C[C@H]1SCCN(CCn2nc3ccccn3c2=O)[C@H]1C. The zero-order valence-corrected chi connectivity index (χ0v) is 12.7.